The van der Waals surface area contributed by atoms with Crippen molar-refractivity contribution in [1.82, 2.24) is 5.32 Å². The van der Waals surface area contributed by atoms with Crippen molar-refractivity contribution in [2.24, 2.45) is 0 Å². The number of hydrogen-bond donors (Lipinski definition) is 2. The lowest BCUT2D eigenvalue weighted by Gasteiger charge is -2.10. The number of anilines is 1. The average Bonchev–Trinajstić information content (AvgIpc) is 2.67. The Morgan fingerprint density at radius 2 is 1.39 bits per heavy atom. The molecular formula is C23H38N2O2S. The molecule has 0 radical (unpaired) electrons. The van der Waals surface area contributed by atoms with Gasteiger partial charge in [-0.2, -0.15) is 0 Å². The van der Waals surface area contributed by atoms with Gasteiger partial charge in [-0.05, 0) is 49.8 Å². The highest BCUT2D eigenvalue weighted by molar-refractivity contribution is 7.80. The highest BCUT2D eigenvalue weighted by Crippen LogP contribution is 2.15. The smallest absolute Gasteiger partial charge is 0.226 e. The van der Waals surface area contributed by atoms with Crippen LogP contribution in [0.4, 0.5) is 5.69 Å². The van der Waals surface area contributed by atoms with Gasteiger partial charge >= 0.3 is 0 Å². The number of ether oxygens (including phenoxy) is 1. The second-order valence-electron chi connectivity index (χ2n) is 7.25. The van der Waals surface area contributed by atoms with Crippen LogP contribution < -0.4 is 15.4 Å². The standard InChI is InChI=1S/C23H38N2O2S/c1-3-5-6-7-8-9-10-11-12-13-14-15-22(26)25-23(28)24-20-16-18-21(19-17-20)27-4-2/h16-19H,3-15H2,1-2H3,(H2,24,25,26,28). The van der Waals surface area contributed by atoms with Crippen LogP contribution in [0, 0.1) is 0 Å². The number of hydrogen-bond acceptors (Lipinski definition) is 3. The summed E-state index contributed by atoms with van der Waals surface area (Å²) in [6.07, 6.45) is 14.6. The van der Waals surface area contributed by atoms with Gasteiger partial charge in [0.15, 0.2) is 5.11 Å². The SMILES string of the molecule is CCCCCCCCCCCCCC(=O)NC(=S)Nc1ccc(OCC)cc1. The second kappa shape index (κ2) is 16.3. The predicted octanol–water partition coefficient (Wildman–Crippen LogP) is 6.60. The van der Waals surface area contributed by atoms with E-state index >= 15 is 0 Å². The van der Waals surface area contributed by atoms with Crippen molar-refractivity contribution in [2.45, 2.75) is 90.9 Å². The Bertz CT molecular complexity index is 546. The van der Waals surface area contributed by atoms with Crippen molar-refractivity contribution in [3.63, 3.8) is 0 Å². The molecule has 0 aliphatic carbocycles. The van der Waals surface area contributed by atoms with Crippen molar-refractivity contribution in [3.05, 3.63) is 24.3 Å². The van der Waals surface area contributed by atoms with Gasteiger partial charge in [0.1, 0.15) is 5.75 Å². The lowest BCUT2D eigenvalue weighted by Crippen LogP contribution is -2.33. The first kappa shape index (κ1) is 24.4. The Morgan fingerprint density at radius 1 is 0.857 bits per heavy atom. The molecule has 0 aromatic heterocycles. The van der Waals surface area contributed by atoms with Crippen molar-refractivity contribution < 1.29 is 9.53 Å². The first-order valence-corrected chi connectivity index (χ1v) is 11.4. The van der Waals surface area contributed by atoms with Crippen LogP contribution in [0.2, 0.25) is 0 Å². The van der Waals surface area contributed by atoms with E-state index in [-0.39, 0.29) is 5.91 Å². The molecule has 158 valence electrons. The number of rotatable bonds is 15. The summed E-state index contributed by atoms with van der Waals surface area (Å²) in [5.74, 6) is 0.804. The van der Waals surface area contributed by atoms with E-state index in [0.29, 0.717) is 18.1 Å². The maximum atomic E-state index is 12.0. The molecule has 0 aliphatic heterocycles. The maximum Gasteiger partial charge on any atom is 0.226 e. The van der Waals surface area contributed by atoms with E-state index in [1.165, 1.54) is 57.8 Å². The molecule has 0 saturated heterocycles. The molecule has 0 aliphatic rings. The zero-order valence-electron chi connectivity index (χ0n) is 17.7. The number of amides is 1. The van der Waals surface area contributed by atoms with E-state index in [2.05, 4.69) is 17.6 Å². The Balaban J connectivity index is 2.01. The third kappa shape index (κ3) is 12.7. The first-order chi connectivity index (χ1) is 13.7. The molecule has 28 heavy (non-hydrogen) atoms. The van der Waals surface area contributed by atoms with Crippen LogP contribution in [0.3, 0.4) is 0 Å². The summed E-state index contributed by atoms with van der Waals surface area (Å²) in [5, 5.41) is 6.13. The topological polar surface area (TPSA) is 50.4 Å². The van der Waals surface area contributed by atoms with Gasteiger partial charge in [0.25, 0.3) is 0 Å². The summed E-state index contributed by atoms with van der Waals surface area (Å²) >= 11 is 5.21. The fourth-order valence-electron chi connectivity index (χ4n) is 3.10. The Morgan fingerprint density at radius 3 is 1.93 bits per heavy atom. The lowest BCUT2D eigenvalue weighted by atomic mass is 10.1. The fraction of sp³-hybridized carbons (Fsp3) is 0.652. The Kier molecular flexibility index (Phi) is 14.3. The Hall–Kier alpha value is -1.62. The number of unbranched alkanes of at least 4 members (excludes halogenated alkanes) is 10. The van der Waals surface area contributed by atoms with Crippen LogP contribution >= 0.6 is 12.2 Å². The maximum absolute atomic E-state index is 12.0. The van der Waals surface area contributed by atoms with Crippen LogP contribution in [0.5, 0.6) is 5.75 Å². The van der Waals surface area contributed by atoms with E-state index in [1.54, 1.807) is 0 Å². The van der Waals surface area contributed by atoms with Gasteiger partial charge in [0.2, 0.25) is 5.91 Å². The fourth-order valence-corrected chi connectivity index (χ4v) is 3.33. The van der Waals surface area contributed by atoms with E-state index in [0.717, 1.165) is 24.3 Å². The van der Waals surface area contributed by atoms with Crippen LogP contribution in [0.1, 0.15) is 90.9 Å². The molecule has 0 atom stereocenters. The number of carbonyl (C=O) groups excluding carboxylic acids is 1. The highest BCUT2D eigenvalue weighted by atomic mass is 32.1. The molecule has 1 rings (SSSR count). The van der Waals surface area contributed by atoms with Crippen molar-refractivity contribution in [2.75, 3.05) is 11.9 Å². The monoisotopic (exact) mass is 406 g/mol. The molecule has 1 aromatic rings. The summed E-state index contributed by atoms with van der Waals surface area (Å²) in [4.78, 5) is 12.0. The molecular weight excluding hydrogens is 368 g/mol. The summed E-state index contributed by atoms with van der Waals surface area (Å²) < 4.78 is 5.41. The molecule has 0 unspecified atom stereocenters. The highest BCUT2D eigenvalue weighted by Gasteiger charge is 2.05. The number of carbonyl (C=O) groups is 1. The van der Waals surface area contributed by atoms with Gasteiger partial charge in [0.05, 0.1) is 6.61 Å². The molecule has 1 aromatic carbocycles. The van der Waals surface area contributed by atoms with E-state index in [9.17, 15) is 4.79 Å². The minimum atomic E-state index is -0.0145. The summed E-state index contributed by atoms with van der Waals surface area (Å²) in [6, 6.07) is 7.52. The van der Waals surface area contributed by atoms with Gasteiger partial charge in [-0.1, -0.05) is 71.1 Å². The van der Waals surface area contributed by atoms with Gasteiger partial charge in [-0.25, -0.2) is 0 Å². The van der Waals surface area contributed by atoms with Crippen LogP contribution in [-0.2, 0) is 4.79 Å². The summed E-state index contributed by atoms with van der Waals surface area (Å²) in [6.45, 7) is 4.85. The first-order valence-electron chi connectivity index (χ1n) is 11.0. The van der Waals surface area contributed by atoms with Crippen molar-refractivity contribution in [3.8, 4) is 5.75 Å². The average molecular weight is 407 g/mol. The van der Waals surface area contributed by atoms with E-state index < -0.39 is 0 Å². The van der Waals surface area contributed by atoms with Gasteiger partial charge in [-0.3, -0.25) is 4.79 Å². The summed E-state index contributed by atoms with van der Waals surface area (Å²) in [5.41, 5.74) is 0.837. The predicted molar refractivity (Wildman–Crippen MR) is 123 cm³/mol. The van der Waals surface area contributed by atoms with E-state index in [4.69, 9.17) is 17.0 Å². The minimum Gasteiger partial charge on any atom is -0.494 e. The van der Waals surface area contributed by atoms with Gasteiger partial charge in [0, 0.05) is 12.1 Å². The van der Waals surface area contributed by atoms with Crippen LogP contribution in [0.15, 0.2) is 24.3 Å². The molecule has 4 nitrogen and oxygen atoms in total. The zero-order chi connectivity index (χ0) is 20.5. The second-order valence-corrected chi connectivity index (χ2v) is 7.65. The Labute approximate surface area is 176 Å². The van der Waals surface area contributed by atoms with E-state index in [1.807, 2.05) is 31.2 Å². The molecule has 0 heterocycles. The lowest BCUT2D eigenvalue weighted by molar-refractivity contribution is -0.119. The van der Waals surface area contributed by atoms with Crippen LogP contribution in [-0.4, -0.2) is 17.6 Å². The molecule has 0 spiro atoms. The quantitative estimate of drug-likeness (QED) is 0.254. The largest absolute Gasteiger partial charge is 0.494 e. The van der Waals surface area contributed by atoms with Gasteiger partial charge < -0.3 is 15.4 Å². The van der Waals surface area contributed by atoms with Crippen LogP contribution in [0.25, 0.3) is 0 Å². The van der Waals surface area contributed by atoms with Crippen molar-refractivity contribution >= 4 is 28.9 Å². The number of thiocarbonyl (C=S) groups is 1. The van der Waals surface area contributed by atoms with Gasteiger partial charge in [-0.15, -0.1) is 0 Å². The number of nitrogens with one attached hydrogen (secondary N) is 2. The molecule has 1 amide bonds. The third-order valence-corrected chi connectivity index (χ3v) is 4.89. The zero-order valence-corrected chi connectivity index (χ0v) is 18.5. The van der Waals surface area contributed by atoms with Crippen molar-refractivity contribution in [1.29, 1.82) is 0 Å². The molecule has 0 saturated carbocycles. The summed E-state index contributed by atoms with van der Waals surface area (Å²) in [7, 11) is 0. The molecule has 5 heteroatoms. The third-order valence-electron chi connectivity index (χ3n) is 4.68. The normalized spacial score (nSPS) is 10.5. The molecule has 2 N–H and O–H groups in total. The minimum absolute atomic E-state index is 0.0145. The molecule has 0 bridgehead atoms. The number of benzene rings is 1. The molecule has 0 fully saturated rings.